The molecule has 0 aliphatic carbocycles. The monoisotopic (exact) mass is 333 g/mol. The first-order chi connectivity index (χ1) is 11.0. The number of rotatable bonds is 5. The summed E-state index contributed by atoms with van der Waals surface area (Å²) in [5, 5.41) is 0. The SMILES string of the molecule is C=C(C)/C(C(=O)OCC)=C(\C1=C(C)CC(C)(C)N(C)C1=O)C(C)C. The maximum atomic E-state index is 13.1. The van der Waals surface area contributed by atoms with Crippen molar-refractivity contribution in [3.63, 3.8) is 0 Å². The lowest BCUT2D eigenvalue weighted by Crippen LogP contribution is -2.49. The number of amides is 1. The Labute approximate surface area is 146 Å². The standard InChI is InChI=1S/C20H31NO3/c1-10-24-19(23)16(13(4)5)15(12(2)3)17-14(6)11-20(7,8)21(9)18(17)22/h12H,4,10-11H2,1-3,5-9H3/b16-15+. The highest BCUT2D eigenvalue weighted by Crippen LogP contribution is 2.38. The summed E-state index contributed by atoms with van der Waals surface area (Å²) in [6.07, 6.45) is 0.771. The molecule has 0 N–H and O–H groups in total. The Morgan fingerprint density at radius 3 is 2.33 bits per heavy atom. The van der Waals surface area contributed by atoms with Crippen molar-refractivity contribution in [1.82, 2.24) is 4.90 Å². The second-order valence-corrected chi connectivity index (χ2v) is 7.45. The molecule has 0 aromatic carbocycles. The normalized spacial score (nSPS) is 18.7. The van der Waals surface area contributed by atoms with Gasteiger partial charge in [-0.05, 0) is 58.1 Å². The number of carbonyl (C=O) groups excluding carboxylic acids is 2. The Hall–Kier alpha value is -1.84. The van der Waals surface area contributed by atoms with Crippen molar-refractivity contribution in [2.75, 3.05) is 13.7 Å². The van der Waals surface area contributed by atoms with E-state index in [1.54, 1.807) is 18.7 Å². The zero-order valence-electron chi connectivity index (χ0n) is 16.4. The van der Waals surface area contributed by atoms with Gasteiger partial charge in [-0.2, -0.15) is 0 Å². The molecule has 0 radical (unpaired) electrons. The van der Waals surface area contributed by atoms with Crippen LogP contribution in [0.15, 0.2) is 34.4 Å². The van der Waals surface area contributed by atoms with Crippen LogP contribution in [0.25, 0.3) is 0 Å². The van der Waals surface area contributed by atoms with Crippen LogP contribution in [-0.2, 0) is 14.3 Å². The molecule has 0 aromatic rings. The Morgan fingerprint density at radius 2 is 1.92 bits per heavy atom. The summed E-state index contributed by atoms with van der Waals surface area (Å²) in [6.45, 7) is 17.9. The smallest absolute Gasteiger partial charge is 0.338 e. The lowest BCUT2D eigenvalue weighted by atomic mass is 9.78. The maximum absolute atomic E-state index is 13.1. The average molecular weight is 333 g/mol. The van der Waals surface area contributed by atoms with Crippen LogP contribution < -0.4 is 0 Å². The molecule has 1 aliphatic rings. The van der Waals surface area contributed by atoms with Gasteiger partial charge in [-0.3, -0.25) is 4.79 Å². The van der Waals surface area contributed by atoms with Gasteiger partial charge in [-0.1, -0.05) is 26.0 Å². The molecule has 0 fully saturated rings. The molecule has 134 valence electrons. The largest absolute Gasteiger partial charge is 0.462 e. The van der Waals surface area contributed by atoms with E-state index in [9.17, 15) is 9.59 Å². The summed E-state index contributed by atoms with van der Waals surface area (Å²) in [4.78, 5) is 27.3. The Kier molecular flexibility index (Phi) is 6.20. The second-order valence-electron chi connectivity index (χ2n) is 7.45. The molecule has 0 aromatic heterocycles. The minimum Gasteiger partial charge on any atom is -0.462 e. The molecule has 0 spiro atoms. The first-order valence-corrected chi connectivity index (χ1v) is 8.51. The van der Waals surface area contributed by atoms with Gasteiger partial charge >= 0.3 is 5.97 Å². The van der Waals surface area contributed by atoms with E-state index >= 15 is 0 Å². The zero-order valence-corrected chi connectivity index (χ0v) is 16.4. The molecule has 0 saturated carbocycles. The van der Waals surface area contributed by atoms with E-state index < -0.39 is 5.97 Å². The van der Waals surface area contributed by atoms with Crippen LogP contribution in [0.4, 0.5) is 0 Å². The number of ether oxygens (including phenoxy) is 1. The van der Waals surface area contributed by atoms with Crippen molar-refractivity contribution < 1.29 is 14.3 Å². The number of esters is 1. The van der Waals surface area contributed by atoms with Gasteiger partial charge in [0.15, 0.2) is 0 Å². The summed E-state index contributed by atoms with van der Waals surface area (Å²) >= 11 is 0. The summed E-state index contributed by atoms with van der Waals surface area (Å²) in [7, 11) is 1.82. The molecular weight excluding hydrogens is 302 g/mol. The highest BCUT2D eigenvalue weighted by atomic mass is 16.5. The van der Waals surface area contributed by atoms with Crippen molar-refractivity contribution in [1.29, 1.82) is 0 Å². The fourth-order valence-electron chi connectivity index (χ4n) is 3.25. The highest BCUT2D eigenvalue weighted by Gasteiger charge is 2.39. The molecule has 0 atom stereocenters. The number of nitrogens with zero attached hydrogens (tertiary/aromatic N) is 1. The van der Waals surface area contributed by atoms with Crippen molar-refractivity contribution in [2.24, 2.45) is 5.92 Å². The van der Waals surface area contributed by atoms with Crippen LogP contribution in [0.2, 0.25) is 0 Å². The van der Waals surface area contributed by atoms with E-state index in [-0.39, 0.29) is 17.4 Å². The third-order valence-corrected chi connectivity index (χ3v) is 4.57. The van der Waals surface area contributed by atoms with Crippen molar-refractivity contribution in [3.05, 3.63) is 34.4 Å². The van der Waals surface area contributed by atoms with Crippen LogP contribution in [-0.4, -0.2) is 36.0 Å². The van der Waals surface area contributed by atoms with Gasteiger partial charge < -0.3 is 9.64 Å². The molecule has 0 unspecified atom stereocenters. The highest BCUT2D eigenvalue weighted by molar-refractivity contribution is 6.04. The lowest BCUT2D eigenvalue weighted by Gasteiger charge is -2.42. The molecule has 1 amide bonds. The Bertz CT molecular complexity index is 621. The first-order valence-electron chi connectivity index (χ1n) is 8.51. The summed E-state index contributed by atoms with van der Waals surface area (Å²) < 4.78 is 5.22. The third-order valence-electron chi connectivity index (χ3n) is 4.57. The number of hydrogen-bond donors (Lipinski definition) is 0. The van der Waals surface area contributed by atoms with Gasteiger partial charge in [0.25, 0.3) is 5.91 Å². The fourth-order valence-corrected chi connectivity index (χ4v) is 3.25. The van der Waals surface area contributed by atoms with Crippen molar-refractivity contribution in [3.8, 4) is 0 Å². The first kappa shape index (κ1) is 20.2. The van der Waals surface area contributed by atoms with Gasteiger partial charge in [0.05, 0.1) is 12.2 Å². The zero-order chi connectivity index (χ0) is 18.8. The van der Waals surface area contributed by atoms with Crippen LogP contribution in [0.3, 0.4) is 0 Å². The van der Waals surface area contributed by atoms with E-state index in [1.165, 1.54) is 0 Å². The minimum absolute atomic E-state index is 0.00428. The molecule has 0 bridgehead atoms. The number of carbonyl (C=O) groups is 2. The predicted octanol–water partition coefficient (Wildman–Crippen LogP) is 4.04. The molecule has 4 heteroatoms. The number of likely N-dealkylation sites (N-methyl/N-ethyl adjacent to an activating group) is 1. The Morgan fingerprint density at radius 1 is 1.38 bits per heavy atom. The maximum Gasteiger partial charge on any atom is 0.338 e. The Balaban J connectivity index is 3.70. The summed E-state index contributed by atoms with van der Waals surface area (Å²) in [5.74, 6) is -0.450. The van der Waals surface area contributed by atoms with Crippen LogP contribution in [0.1, 0.15) is 54.9 Å². The molecule has 1 heterocycles. The van der Waals surface area contributed by atoms with Gasteiger partial charge in [0.1, 0.15) is 0 Å². The van der Waals surface area contributed by atoms with E-state index in [0.29, 0.717) is 23.3 Å². The van der Waals surface area contributed by atoms with Gasteiger partial charge in [0.2, 0.25) is 0 Å². The number of hydrogen-bond acceptors (Lipinski definition) is 3. The van der Waals surface area contributed by atoms with E-state index in [0.717, 1.165) is 17.6 Å². The van der Waals surface area contributed by atoms with Crippen LogP contribution in [0, 0.1) is 5.92 Å². The average Bonchev–Trinajstić information content (AvgIpc) is 2.43. The fraction of sp³-hybridized carbons (Fsp3) is 0.600. The third kappa shape index (κ3) is 3.80. The van der Waals surface area contributed by atoms with Crippen LogP contribution in [0.5, 0.6) is 0 Å². The lowest BCUT2D eigenvalue weighted by molar-refractivity contribution is -0.138. The van der Waals surface area contributed by atoms with E-state index in [4.69, 9.17) is 4.74 Å². The van der Waals surface area contributed by atoms with Gasteiger partial charge in [0, 0.05) is 18.2 Å². The molecule has 0 saturated heterocycles. The van der Waals surface area contributed by atoms with Gasteiger partial charge in [-0.15, -0.1) is 0 Å². The van der Waals surface area contributed by atoms with Gasteiger partial charge in [-0.25, -0.2) is 4.79 Å². The molecule has 1 rings (SSSR count). The summed E-state index contributed by atoms with van der Waals surface area (Å²) in [6, 6.07) is 0. The van der Waals surface area contributed by atoms with Crippen molar-refractivity contribution >= 4 is 11.9 Å². The van der Waals surface area contributed by atoms with Crippen LogP contribution >= 0.6 is 0 Å². The minimum atomic E-state index is -0.408. The quantitative estimate of drug-likeness (QED) is 0.433. The topological polar surface area (TPSA) is 46.6 Å². The van der Waals surface area contributed by atoms with Crippen molar-refractivity contribution in [2.45, 2.75) is 60.4 Å². The van der Waals surface area contributed by atoms with E-state index in [1.807, 2.05) is 27.8 Å². The molecule has 24 heavy (non-hydrogen) atoms. The molecule has 4 nitrogen and oxygen atoms in total. The summed E-state index contributed by atoms with van der Waals surface area (Å²) in [5.41, 5.74) is 3.21. The second kappa shape index (κ2) is 7.37. The molecule has 1 aliphatic heterocycles. The van der Waals surface area contributed by atoms with E-state index in [2.05, 4.69) is 20.4 Å². The predicted molar refractivity (Wildman–Crippen MR) is 97.5 cm³/mol. The molecular formula is C20H31NO3.